The molecule has 0 bridgehead atoms. The van der Waals surface area contributed by atoms with Gasteiger partial charge in [0.25, 0.3) is 11.7 Å². The minimum Gasteiger partial charge on any atom is -0.373 e. The molecule has 1 N–H and O–H groups in total. The van der Waals surface area contributed by atoms with Crippen LogP contribution >= 0.6 is 0 Å². The van der Waals surface area contributed by atoms with Gasteiger partial charge in [-0.3, -0.25) is 4.79 Å². The van der Waals surface area contributed by atoms with Crippen molar-refractivity contribution in [2.24, 2.45) is 0 Å². The van der Waals surface area contributed by atoms with E-state index in [2.05, 4.69) is 20.7 Å². The quantitative estimate of drug-likeness (QED) is 0.932. The van der Waals surface area contributed by atoms with Crippen molar-refractivity contribution in [3.63, 3.8) is 0 Å². The molecule has 7 nitrogen and oxygen atoms in total. The summed E-state index contributed by atoms with van der Waals surface area (Å²) in [5.41, 5.74) is 0.830. The van der Waals surface area contributed by atoms with Crippen LogP contribution in [0.1, 0.15) is 55.9 Å². The van der Waals surface area contributed by atoms with Gasteiger partial charge in [0.1, 0.15) is 0 Å². The number of amides is 1. The van der Waals surface area contributed by atoms with Crippen LogP contribution in [0.15, 0.2) is 30.3 Å². The average Bonchev–Trinajstić information content (AvgIpc) is 3.06. The molecule has 1 saturated heterocycles. The first-order valence-electron chi connectivity index (χ1n) is 8.21. The molecule has 7 heteroatoms. The van der Waals surface area contributed by atoms with Crippen LogP contribution in [0, 0.1) is 0 Å². The molecule has 0 spiro atoms. The molecule has 2 heterocycles. The Labute approximate surface area is 141 Å². The lowest BCUT2D eigenvalue weighted by atomic mass is 9.97. The maximum absolute atomic E-state index is 12.4. The van der Waals surface area contributed by atoms with Crippen molar-refractivity contribution in [2.75, 3.05) is 6.61 Å². The molecule has 24 heavy (non-hydrogen) atoms. The Hall–Kier alpha value is -2.28. The van der Waals surface area contributed by atoms with E-state index in [1.165, 1.54) is 4.80 Å². The summed E-state index contributed by atoms with van der Waals surface area (Å²) in [7, 11) is 0. The second-order valence-electron chi connectivity index (χ2n) is 7.04. The second kappa shape index (κ2) is 6.68. The first kappa shape index (κ1) is 16.6. The number of hydrogen-bond acceptors (Lipinski definition) is 5. The summed E-state index contributed by atoms with van der Waals surface area (Å²) in [6.07, 6.45) is 1.52. The maximum Gasteiger partial charge on any atom is 0.293 e. The predicted molar refractivity (Wildman–Crippen MR) is 88.4 cm³/mol. The lowest BCUT2D eigenvalue weighted by molar-refractivity contribution is 0.000824. The summed E-state index contributed by atoms with van der Waals surface area (Å²) in [5, 5.41) is 15.0. The number of carbonyl (C=O) groups excluding carboxylic acids is 1. The van der Waals surface area contributed by atoms with Gasteiger partial charge in [0.05, 0.1) is 11.6 Å². The third-order valence-electron chi connectivity index (χ3n) is 4.01. The smallest absolute Gasteiger partial charge is 0.293 e. The van der Waals surface area contributed by atoms with E-state index in [0.717, 1.165) is 18.4 Å². The number of ether oxygens (including phenoxy) is 1. The molecular formula is C17H23N5O2. The molecule has 2 aromatic rings. The summed E-state index contributed by atoms with van der Waals surface area (Å²) < 4.78 is 5.83. The molecule has 1 aromatic heterocycles. The molecule has 0 radical (unpaired) electrons. The second-order valence-corrected chi connectivity index (χ2v) is 7.04. The van der Waals surface area contributed by atoms with Crippen molar-refractivity contribution in [1.29, 1.82) is 0 Å². The van der Waals surface area contributed by atoms with E-state index in [0.29, 0.717) is 6.61 Å². The number of tetrazole rings is 1. The highest BCUT2D eigenvalue weighted by molar-refractivity contribution is 5.90. The fourth-order valence-electron chi connectivity index (χ4n) is 2.67. The molecule has 0 aliphatic carbocycles. The zero-order valence-corrected chi connectivity index (χ0v) is 14.3. The third kappa shape index (κ3) is 3.79. The number of nitrogens with zero attached hydrogens (tertiary/aromatic N) is 4. The molecule has 0 saturated carbocycles. The van der Waals surface area contributed by atoms with Crippen LogP contribution in [0.5, 0.6) is 0 Å². The minimum atomic E-state index is -0.303. The molecule has 1 amide bonds. The first-order valence-corrected chi connectivity index (χ1v) is 8.21. The van der Waals surface area contributed by atoms with Crippen molar-refractivity contribution in [3.05, 3.63) is 41.7 Å². The Kier molecular flexibility index (Phi) is 4.62. The Balaban J connectivity index is 1.63. The Bertz CT molecular complexity index is 693. The van der Waals surface area contributed by atoms with Gasteiger partial charge in [-0.25, -0.2) is 0 Å². The van der Waals surface area contributed by atoms with E-state index in [4.69, 9.17) is 4.74 Å². The number of carbonyl (C=O) groups is 1. The molecule has 1 aromatic carbocycles. The van der Waals surface area contributed by atoms with Crippen molar-refractivity contribution >= 4 is 5.91 Å². The van der Waals surface area contributed by atoms with Gasteiger partial charge >= 0.3 is 0 Å². The first-order chi connectivity index (χ1) is 11.4. The van der Waals surface area contributed by atoms with Crippen LogP contribution in [0.4, 0.5) is 0 Å². The molecule has 1 aliphatic heterocycles. The van der Waals surface area contributed by atoms with E-state index < -0.39 is 0 Å². The number of nitrogens with one attached hydrogen (secondary N) is 1. The molecule has 1 fully saturated rings. The number of hydrogen-bond donors (Lipinski definition) is 1. The lowest BCUT2D eigenvalue weighted by Gasteiger charge is -2.30. The molecule has 128 valence electrons. The van der Waals surface area contributed by atoms with Crippen molar-refractivity contribution in [2.45, 2.75) is 51.3 Å². The molecular weight excluding hydrogens is 306 g/mol. The number of aromatic nitrogens is 4. The Morgan fingerprint density at radius 1 is 1.29 bits per heavy atom. The summed E-state index contributed by atoms with van der Waals surface area (Å²) in [4.78, 5) is 13.8. The summed E-state index contributed by atoms with van der Waals surface area (Å²) >= 11 is 0. The van der Waals surface area contributed by atoms with Crippen molar-refractivity contribution in [3.8, 4) is 0 Å². The van der Waals surface area contributed by atoms with Gasteiger partial charge in [0.2, 0.25) is 0 Å². The third-order valence-corrected chi connectivity index (χ3v) is 4.01. The van der Waals surface area contributed by atoms with Crippen LogP contribution in [0.3, 0.4) is 0 Å². The van der Waals surface area contributed by atoms with Crippen molar-refractivity contribution < 1.29 is 9.53 Å². The van der Waals surface area contributed by atoms with Crippen LogP contribution < -0.4 is 5.32 Å². The minimum absolute atomic E-state index is 0.00321. The summed E-state index contributed by atoms with van der Waals surface area (Å²) in [6, 6.07) is 10.1. The molecule has 0 unspecified atom stereocenters. The van der Waals surface area contributed by atoms with Crippen LogP contribution in [0.2, 0.25) is 0 Å². The van der Waals surface area contributed by atoms with Gasteiger partial charge in [0, 0.05) is 12.6 Å². The fraction of sp³-hybridized carbons (Fsp3) is 0.529. The van der Waals surface area contributed by atoms with Gasteiger partial charge in [-0.1, -0.05) is 30.3 Å². The monoisotopic (exact) mass is 329 g/mol. The SMILES string of the molecule is CC(C)(C)n1nnc(C(=O)N[C@@H]2CCO[C@@H](c3ccccc3)C2)n1. The van der Waals surface area contributed by atoms with Gasteiger partial charge < -0.3 is 10.1 Å². The van der Waals surface area contributed by atoms with Gasteiger partial charge in [-0.2, -0.15) is 4.80 Å². The lowest BCUT2D eigenvalue weighted by Crippen LogP contribution is -2.40. The summed E-state index contributed by atoms with van der Waals surface area (Å²) in [6.45, 7) is 6.49. The maximum atomic E-state index is 12.4. The highest BCUT2D eigenvalue weighted by Crippen LogP contribution is 2.27. The van der Waals surface area contributed by atoms with E-state index >= 15 is 0 Å². The highest BCUT2D eigenvalue weighted by atomic mass is 16.5. The predicted octanol–water partition coefficient (Wildman–Crippen LogP) is 2.08. The van der Waals surface area contributed by atoms with E-state index in [1.807, 2.05) is 51.1 Å². The van der Waals surface area contributed by atoms with Gasteiger partial charge in [-0.05, 0) is 44.4 Å². The van der Waals surface area contributed by atoms with Crippen LogP contribution in [0.25, 0.3) is 0 Å². The van der Waals surface area contributed by atoms with Crippen LogP contribution in [-0.4, -0.2) is 38.8 Å². The van der Waals surface area contributed by atoms with Crippen molar-refractivity contribution in [1.82, 2.24) is 25.5 Å². The van der Waals surface area contributed by atoms with E-state index in [1.54, 1.807) is 0 Å². The largest absolute Gasteiger partial charge is 0.373 e. The Morgan fingerprint density at radius 2 is 2.04 bits per heavy atom. The average molecular weight is 329 g/mol. The fourth-order valence-corrected chi connectivity index (χ4v) is 2.67. The molecule has 1 aliphatic rings. The molecule has 2 atom stereocenters. The van der Waals surface area contributed by atoms with E-state index in [9.17, 15) is 4.79 Å². The zero-order valence-electron chi connectivity index (χ0n) is 14.3. The highest BCUT2D eigenvalue weighted by Gasteiger charge is 2.27. The normalized spacial score (nSPS) is 21.5. The topological polar surface area (TPSA) is 81.9 Å². The standard InChI is InChI=1S/C17H23N5O2/c1-17(2,3)22-20-15(19-21-22)16(23)18-13-9-10-24-14(11-13)12-7-5-4-6-8-12/h4-8,13-14H,9-11H2,1-3H3,(H,18,23)/t13-,14-/m1/s1. The summed E-state index contributed by atoms with van der Waals surface area (Å²) in [5.74, 6) is -0.183. The van der Waals surface area contributed by atoms with Crippen LogP contribution in [-0.2, 0) is 10.3 Å². The van der Waals surface area contributed by atoms with Gasteiger partial charge in [-0.15, -0.1) is 10.2 Å². The van der Waals surface area contributed by atoms with Gasteiger partial charge in [0.15, 0.2) is 0 Å². The Morgan fingerprint density at radius 3 is 2.71 bits per heavy atom. The zero-order chi connectivity index (χ0) is 17.2. The number of rotatable bonds is 3. The molecule has 3 rings (SSSR count). The number of benzene rings is 1. The van der Waals surface area contributed by atoms with E-state index in [-0.39, 0.29) is 29.4 Å².